The molecule has 3 heteroatoms. The van der Waals surface area contributed by atoms with Gasteiger partial charge in [0, 0.05) is 35.6 Å². The maximum absolute atomic E-state index is 6.06. The van der Waals surface area contributed by atoms with Crippen LogP contribution in [0.1, 0.15) is 63.5 Å². The van der Waals surface area contributed by atoms with Gasteiger partial charge in [-0.1, -0.05) is 75.9 Å². The van der Waals surface area contributed by atoms with Crippen LogP contribution in [0.4, 0.5) is 11.4 Å². The van der Waals surface area contributed by atoms with Crippen LogP contribution in [0.2, 0.25) is 0 Å². The number of ether oxygens (including phenoxy) is 1. The minimum atomic E-state index is 0.626. The molecular weight excluding hydrogens is 332 g/mol. The highest BCUT2D eigenvalue weighted by atomic mass is 16.5. The Morgan fingerprint density at radius 3 is 1.52 bits per heavy atom. The smallest absolute Gasteiger partial charge is 0.0741 e. The van der Waals surface area contributed by atoms with E-state index in [9.17, 15) is 0 Å². The zero-order valence-corrected chi connectivity index (χ0v) is 17.1. The van der Waals surface area contributed by atoms with Crippen molar-refractivity contribution in [3.05, 3.63) is 59.7 Å². The molecule has 2 aromatic rings. The highest BCUT2D eigenvalue weighted by Crippen LogP contribution is 2.20. The summed E-state index contributed by atoms with van der Waals surface area (Å²) in [6.45, 7) is 7.77. The van der Waals surface area contributed by atoms with Crippen LogP contribution in [0.5, 0.6) is 0 Å². The van der Waals surface area contributed by atoms with E-state index in [0.29, 0.717) is 13.2 Å². The van der Waals surface area contributed by atoms with Gasteiger partial charge in [0.25, 0.3) is 0 Å². The average molecular weight is 369 g/mol. The van der Waals surface area contributed by atoms with Gasteiger partial charge in [-0.2, -0.15) is 0 Å². The first-order valence-electron chi connectivity index (χ1n) is 10.6. The lowest BCUT2D eigenvalue weighted by atomic mass is 10.1. The van der Waals surface area contributed by atoms with Crippen LogP contribution in [-0.2, 0) is 18.0 Å². The van der Waals surface area contributed by atoms with Crippen molar-refractivity contribution >= 4 is 11.4 Å². The largest absolute Gasteiger partial charge is 0.385 e. The molecule has 27 heavy (non-hydrogen) atoms. The molecule has 0 bridgehead atoms. The number of nitrogens with one attached hydrogen (secondary N) is 2. The van der Waals surface area contributed by atoms with E-state index in [1.807, 2.05) is 0 Å². The molecule has 0 heterocycles. The fourth-order valence-corrected chi connectivity index (χ4v) is 3.10. The van der Waals surface area contributed by atoms with E-state index < -0.39 is 0 Å². The minimum absolute atomic E-state index is 0.626. The van der Waals surface area contributed by atoms with E-state index in [2.05, 4.69) is 73.0 Å². The molecule has 0 spiro atoms. The fraction of sp³-hybridized carbons (Fsp3) is 0.500. The Morgan fingerprint density at radius 1 is 0.630 bits per heavy atom. The molecule has 0 atom stereocenters. The summed E-state index contributed by atoms with van der Waals surface area (Å²) in [6.07, 6.45) is 7.46. The number of rotatable bonds is 14. The Kier molecular flexibility index (Phi) is 10.4. The van der Waals surface area contributed by atoms with E-state index in [4.69, 9.17) is 4.74 Å². The first kappa shape index (κ1) is 21.3. The molecule has 0 unspecified atom stereocenters. The van der Waals surface area contributed by atoms with Gasteiger partial charge in [-0.25, -0.2) is 0 Å². The fourth-order valence-electron chi connectivity index (χ4n) is 3.10. The number of para-hydroxylation sites is 2. The molecule has 148 valence electrons. The van der Waals surface area contributed by atoms with Gasteiger partial charge in [-0.15, -0.1) is 0 Å². The SMILES string of the molecule is CCCCCNc1ccccc1COCc1ccccc1NCCCCC. The van der Waals surface area contributed by atoms with Gasteiger partial charge in [-0.3, -0.25) is 0 Å². The van der Waals surface area contributed by atoms with Crippen molar-refractivity contribution in [2.75, 3.05) is 23.7 Å². The summed E-state index contributed by atoms with van der Waals surface area (Å²) in [5, 5.41) is 7.11. The van der Waals surface area contributed by atoms with Gasteiger partial charge >= 0.3 is 0 Å². The lowest BCUT2D eigenvalue weighted by Crippen LogP contribution is -2.07. The summed E-state index contributed by atoms with van der Waals surface area (Å²) < 4.78 is 6.06. The minimum Gasteiger partial charge on any atom is -0.385 e. The second kappa shape index (κ2) is 13.2. The molecule has 0 fully saturated rings. The molecular formula is C24H36N2O. The van der Waals surface area contributed by atoms with Gasteiger partial charge < -0.3 is 15.4 Å². The molecule has 0 aliphatic rings. The van der Waals surface area contributed by atoms with Gasteiger partial charge in [-0.05, 0) is 25.0 Å². The first-order chi connectivity index (χ1) is 13.3. The second-order valence-corrected chi connectivity index (χ2v) is 7.07. The predicted molar refractivity (Wildman–Crippen MR) is 117 cm³/mol. The summed E-state index contributed by atoms with van der Waals surface area (Å²) in [4.78, 5) is 0. The number of anilines is 2. The van der Waals surface area contributed by atoms with Crippen molar-refractivity contribution in [1.29, 1.82) is 0 Å². The normalized spacial score (nSPS) is 10.7. The summed E-state index contributed by atoms with van der Waals surface area (Å²) in [6, 6.07) is 16.9. The van der Waals surface area contributed by atoms with Crippen LogP contribution in [0.25, 0.3) is 0 Å². The van der Waals surface area contributed by atoms with Crippen molar-refractivity contribution in [2.45, 2.75) is 65.6 Å². The average Bonchev–Trinajstić information content (AvgIpc) is 2.70. The van der Waals surface area contributed by atoms with E-state index >= 15 is 0 Å². The quantitative estimate of drug-likeness (QED) is 0.368. The van der Waals surface area contributed by atoms with Crippen LogP contribution < -0.4 is 10.6 Å². The van der Waals surface area contributed by atoms with Crippen molar-refractivity contribution in [3.63, 3.8) is 0 Å². The second-order valence-electron chi connectivity index (χ2n) is 7.07. The molecule has 0 radical (unpaired) electrons. The first-order valence-corrected chi connectivity index (χ1v) is 10.6. The zero-order chi connectivity index (χ0) is 19.2. The zero-order valence-electron chi connectivity index (χ0n) is 17.1. The van der Waals surface area contributed by atoms with Crippen molar-refractivity contribution in [2.24, 2.45) is 0 Å². The monoisotopic (exact) mass is 368 g/mol. The maximum atomic E-state index is 6.06. The molecule has 0 saturated carbocycles. The van der Waals surface area contributed by atoms with Crippen LogP contribution in [-0.4, -0.2) is 13.1 Å². The van der Waals surface area contributed by atoms with E-state index in [1.54, 1.807) is 0 Å². The van der Waals surface area contributed by atoms with Gasteiger partial charge in [0.15, 0.2) is 0 Å². The summed E-state index contributed by atoms with van der Waals surface area (Å²) in [7, 11) is 0. The molecule has 2 aromatic carbocycles. The van der Waals surface area contributed by atoms with E-state index in [1.165, 1.54) is 61.0 Å². The third-order valence-electron chi connectivity index (χ3n) is 4.74. The molecule has 2 rings (SSSR count). The topological polar surface area (TPSA) is 33.3 Å². The highest BCUT2D eigenvalue weighted by Gasteiger charge is 2.04. The van der Waals surface area contributed by atoms with Crippen LogP contribution in [0.15, 0.2) is 48.5 Å². The Balaban J connectivity index is 1.84. The van der Waals surface area contributed by atoms with Crippen molar-refractivity contribution in [3.8, 4) is 0 Å². The highest BCUT2D eigenvalue weighted by molar-refractivity contribution is 5.51. The summed E-state index contributed by atoms with van der Waals surface area (Å²) >= 11 is 0. The lowest BCUT2D eigenvalue weighted by Gasteiger charge is -2.14. The lowest BCUT2D eigenvalue weighted by molar-refractivity contribution is 0.108. The van der Waals surface area contributed by atoms with E-state index in [0.717, 1.165) is 13.1 Å². The van der Waals surface area contributed by atoms with Crippen molar-refractivity contribution < 1.29 is 4.74 Å². The van der Waals surface area contributed by atoms with Crippen LogP contribution in [0.3, 0.4) is 0 Å². The third-order valence-corrected chi connectivity index (χ3v) is 4.74. The predicted octanol–water partition coefficient (Wildman–Crippen LogP) is 6.61. The van der Waals surface area contributed by atoms with Gasteiger partial charge in [0.1, 0.15) is 0 Å². The maximum Gasteiger partial charge on any atom is 0.0741 e. The van der Waals surface area contributed by atoms with Crippen LogP contribution in [0, 0.1) is 0 Å². The van der Waals surface area contributed by atoms with Gasteiger partial charge in [0.2, 0.25) is 0 Å². The molecule has 0 aromatic heterocycles. The molecule has 0 aliphatic carbocycles. The summed E-state index contributed by atoms with van der Waals surface area (Å²) in [5.74, 6) is 0. The summed E-state index contributed by atoms with van der Waals surface area (Å²) in [5.41, 5.74) is 4.84. The van der Waals surface area contributed by atoms with E-state index in [-0.39, 0.29) is 0 Å². The standard InChI is InChI=1S/C24H36N2O/c1-3-5-11-17-25-23-15-9-7-13-21(23)19-27-20-22-14-8-10-16-24(22)26-18-12-6-4-2/h7-10,13-16,25-26H,3-6,11-12,17-20H2,1-2H3. The number of hydrogen-bond acceptors (Lipinski definition) is 3. The molecule has 0 aliphatic heterocycles. The van der Waals surface area contributed by atoms with Gasteiger partial charge in [0.05, 0.1) is 13.2 Å². The Labute approximate surface area is 165 Å². The molecule has 2 N–H and O–H groups in total. The van der Waals surface area contributed by atoms with Crippen molar-refractivity contribution in [1.82, 2.24) is 0 Å². The Bertz CT molecular complexity index is 586. The molecule has 0 amide bonds. The number of hydrogen-bond donors (Lipinski definition) is 2. The molecule has 0 saturated heterocycles. The number of benzene rings is 2. The van der Waals surface area contributed by atoms with Crippen LogP contribution >= 0.6 is 0 Å². The Hall–Kier alpha value is -2.00. The Morgan fingerprint density at radius 2 is 1.07 bits per heavy atom. The molecule has 3 nitrogen and oxygen atoms in total. The number of unbranched alkanes of at least 4 members (excludes halogenated alkanes) is 4. The third kappa shape index (κ3) is 8.04.